The molecule has 0 unspecified atom stereocenters. The van der Waals surface area contributed by atoms with E-state index in [1.54, 1.807) is 0 Å². The van der Waals surface area contributed by atoms with Crippen LogP contribution in [0.5, 0.6) is 0 Å². The Balaban J connectivity index is 0.00000924. The monoisotopic (exact) mass is 716 g/mol. The maximum absolute atomic E-state index is 12.6. The number of rotatable bonds is 24. The third-order valence-corrected chi connectivity index (χ3v) is 8.32. The van der Waals surface area contributed by atoms with Crippen molar-refractivity contribution in [2.45, 2.75) is 149 Å². The first-order chi connectivity index (χ1) is 20.5. The number of carbonyl (C=O) groups excluding carboxylic acids is 2. The molecule has 0 radical (unpaired) electrons. The number of hydrogen-bond acceptors (Lipinski definition) is 5. The smallest absolute Gasteiger partial charge is 0.416 e. The van der Waals surface area contributed by atoms with Gasteiger partial charge in [-0.2, -0.15) is 0 Å². The zero-order valence-electron chi connectivity index (χ0n) is 27.5. The lowest BCUT2D eigenvalue weighted by Crippen LogP contribution is -3.00. The first-order valence-electron chi connectivity index (χ1n) is 17.2. The van der Waals surface area contributed by atoms with Crippen molar-refractivity contribution in [3.05, 3.63) is 30.1 Å². The molecule has 1 aromatic heterocycles. The Hall–Kier alpha value is -1.26. The van der Waals surface area contributed by atoms with Gasteiger partial charge in [-0.25, -0.2) is 14.3 Å². The zero-order chi connectivity index (χ0) is 30.3. The summed E-state index contributed by atoms with van der Waals surface area (Å²) >= 11 is 0. The Bertz CT molecular complexity index is 838. The Morgan fingerprint density at radius 1 is 0.837 bits per heavy atom. The van der Waals surface area contributed by atoms with Gasteiger partial charge >= 0.3 is 6.09 Å². The van der Waals surface area contributed by atoms with Crippen LogP contribution in [0.15, 0.2) is 24.5 Å². The number of halogens is 1. The molecule has 0 aliphatic carbocycles. The van der Waals surface area contributed by atoms with Crippen LogP contribution in [0.3, 0.4) is 0 Å². The number of hydrogen-bond donors (Lipinski definition) is 0. The summed E-state index contributed by atoms with van der Waals surface area (Å²) < 4.78 is 19.2. The molecule has 1 saturated heterocycles. The Morgan fingerprint density at radius 3 is 1.88 bits per heavy atom. The van der Waals surface area contributed by atoms with Crippen LogP contribution < -0.4 is 28.5 Å². The molecule has 2 heterocycles. The van der Waals surface area contributed by atoms with E-state index in [4.69, 9.17) is 14.2 Å². The van der Waals surface area contributed by atoms with Gasteiger partial charge in [0.15, 0.2) is 12.4 Å². The number of aryl methyl sites for hydroxylation is 1. The lowest BCUT2D eigenvalue weighted by atomic mass is 10.0. The highest BCUT2D eigenvalue weighted by Crippen LogP contribution is 2.21. The maximum atomic E-state index is 12.6. The fourth-order valence-electron chi connectivity index (χ4n) is 5.55. The van der Waals surface area contributed by atoms with Gasteiger partial charge < -0.3 is 38.2 Å². The van der Waals surface area contributed by atoms with Crippen molar-refractivity contribution in [1.29, 1.82) is 0 Å². The van der Waals surface area contributed by atoms with E-state index in [1.807, 2.05) is 29.1 Å². The SMILES string of the molecule is CCCCCCCCCCCCCCCCCCOC[C@H]1CO[C@H](COC(=O)N(Cc2cc[n+](CC)cc2)C(C)=O)C1.[I-]. The number of aromatic nitrogens is 1. The quantitative estimate of drug-likeness (QED) is 0.0840. The van der Waals surface area contributed by atoms with Crippen molar-refractivity contribution >= 4 is 12.0 Å². The number of unbranched alkanes of at least 4 members (excludes halogenated alkanes) is 15. The Kier molecular flexibility index (Phi) is 24.0. The van der Waals surface area contributed by atoms with Crippen molar-refractivity contribution in [2.24, 2.45) is 5.92 Å². The first-order valence-corrected chi connectivity index (χ1v) is 17.2. The fourth-order valence-corrected chi connectivity index (χ4v) is 5.55. The molecular weight excluding hydrogens is 655 g/mol. The molecule has 8 heteroatoms. The van der Waals surface area contributed by atoms with Crippen LogP contribution in [-0.4, -0.2) is 49.4 Å². The summed E-state index contributed by atoms with van der Waals surface area (Å²) in [4.78, 5) is 25.8. The van der Waals surface area contributed by atoms with Crippen LogP contribution in [0.25, 0.3) is 0 Å². The number of pyridine rings is 1. The van der Waals surface area contributed by atoms with Crippen molar-refractivity contribution in [2.75, 3.05) is 26.4 Å². The first kappa shape index (κ1) is 39.8. The number of carbonyl (C=O) groups is 2. The van der Waals surface area contributed by atoms with Crippen LogP contribution in [0.1, 0.15) is 135 Å². The molecule has 1 fully saturated rings. The van der Waals surface area contributed by atoms with Crippen molar-refractivity contribution in [3.8, 4) is 0 Å². The van der Waals surface area contributed by atoms with E-state index in [-0.39, 0.29) is 49.1 Å². The van der Waals surface area contributed by atoms with Gasteiger partial charge in [0, 0.05) is 31.6 Å². The van der Waals surface area contributed by atoms with Gasteiger partial charge in [0.1, 0.15) is 13.2 Å². The number of nitrogens with zero attached hydrogens (tertiary/aromatic N) is 2. The van der Waals surface area contributed by atoms with Crippen LogP contribution in [0.4, 0.5) is 4.79 Å². The molecular formula is C35H61IN2O5. The topological polar surface area (TPSA) is 69.0 Å². The number of imide groups is 1. The van der Waals surface area contributed by atoms with Crippen LogP contribution >= 0.6 is 0 Å². The van der Waals surface area contributed by atoms with Crippen LogP contribution in [0.2, 0.25) is 0 Å². The standard InChI is InChI=1S/C35H61N2O5.HI/c1-4-6-7-8-9-10-11-12-13-14-15-16-17-18-19-20-25-40-28-33-26-34(41-29-33)30-42-35(39)37(31(3)38)27-32-21-23-36(5-2)24-22-32;/h21-24,33-34H,4-20,25-30H2,1-3H3;1H/q+1;/p-1/t33-,34-;/m0./s1. The molecule has 0 saturated carbocycles. The lowest BCUT2D eigenvalue weighted by Gasteiger charge is -2.20. The van der Waals surface area contributed by atoms with Gasteiger partial charge in [0.05, 0.1) is 25.9 Å². The summed E-state index contributed by atoms with van der Waals surface area (Å²) in [5, 5.41) is 0. The van der Waals surface area contributed by atoms with E-state index in [0.717, 1.165) is 36.5 Å². The molecule has 2 atom stereocenters. The predicted octanol–water partition coefficient (Wildman–Crippen LogP) is 5.17. The van der Waals surface area contributed by atoms with E-state index in [2.05, 4.69) is 13.8 Å². The summed E-state index contributed by atoms with van der Waals surface area (Å²) in [7, 11) is 0. The van der Waals surface area contributed by atoms with E-state index in [0.29, 0.717) is 19.1 Å². The van der Waals surface area contributed by atoms with Crippen molar-refractivity contribution < 1.29 is 52.3 Å². The fraction of sp³-hybridized carbons (Fsp3) is 0.800. The molecule has 1 aromatic rings. The number of ether oxygens (including phenoxy) is 3. The highest BCUT2D eigenvalue weighted by Gasteiger charge is 2.28. The van der Waals surface area contributed by atoms with Gasteiger partial charge in [0.25, 0.3) is 0 Å². The minimum Gasteiger partial charge on any atom is -1.00 e. The average molecular weight is 717 g/mol. The largest absolute Gasteiger partial charge is 1.00 e. The van der Waals surface area contributed by atoms with Gasteiger partial charge in [-0.15, -0.1) is 0 Å². The molecule has 43 heavy (non-hydrogen) atoms. The van der Waals surface area contributed by atoms with Gasteiger partial charge in [-0.05, 0) is 25.3 Å². The highest BCUT2D eigenvalue weighted by molar-refractivity contribution is 5.90. The summed E-state index contributed by atoms with van der Waals surface area (Å²) in [6.07, 6.45) is 25.9. The normalized spacial score (nSPS) is 16.2. The van der Waals surface area contributed by atoms with E-state index >= 15 is 0 Å². The van der Waals surface area contributed by atoms with Crippen molar-refractivity contribution in [3.63, 3.8) is 0 Å². The second-order valence-corrected chi connectivity index (χ2v) is 12.2. The van der Waals surface area contributed by atoms with Gasteiger partial charge in [0.2, 0.25) is 5.91 Å². The molecule has 0 N–H and O–H groups in total. The van der Waals surface area contributed by atoms with E-state index in [9.17, 15) is 9.59 Å². The summed E-state index contributed by atoms with van der Waals surface area (Å²) in [5.74, 6) is -0.00632. The third kappa shape index (κ3) is 19.0. The molecule has 0 bridgehead atoms. The molecule has 1 aliphatic heterocycles. The summed E-state index contributed by atoms with van der Waals surface area (Å²) in [6.45, 7) is 9.06. The van der Waals surface area contributed by atoms with Gasteiger partial charge in [-0.3, -0.25) is 4.79 Å². The predicted molar refractivity (Wildman–Crippen MR) is 168 cm³/mol. The number of amides is 2. The minimum absolute atomic E-state index is 0. The van der Waals surface area contributed by atoms with Gasteiger partial charge in [-0.1, -0.05) is 103 Å². The Labute approximate surface area is 279 Å². The second kappa shape index (κ2) is 26.0. The third-order valence-electron chi connectivity index (χ3n) is 8.32. The highest BCUT2D eigenvalue weighted by atomic mass is 127. The Morgan fingerprint density at radius 2 is 1.37 bits per heavy atom. The van der Waals surface area contributed by atoms with Crippen LogP contribution in [0, 0.1) is 5.92 Å². The minimum atomic E-state index is -0.624. The molecule has 2 rings (SSSR count). The van der Waals surface area contributed by atoms with Crippen molar-refractivity contribution in [1.82, 2.24) is 4.90 Å². The summed E-state index contributed by atoms with van der Waals surface area (Å²) in [5.41, 5.74) is 0.880. The molecule has 248 valence electrons. The van der Waals surface area contributed by atoms with E-state index < -0.39 is 6.09 Å². The van der Waals surface area contributed by atoms with E-state index in [1.165, 1.54) is 103 Å². The lowest BCUT2D eigenvalue weighted by molar-refractivity contribution is -0.693. The molecule has 2 amide bonds. The molecule has 1 aliphatic rings. The zero-order valence-corrected chi connectivity index (χ0v) is 29.7. The molecule has 0 spiro atoms. The average Bonchev–Trinajstić information content (AvgIpc) is 3.46. The molecule has 0 aromatic carbocycles. The summed E-state index contributed by atoms with van der Waals surface area (Å²) in [6, 6.07) is 3.83. The second-order valence-electron chi connectivity index (χ2n) is 12.2. The van der Waals surface area contributed by atoms with Crippen LogP contribution in [-0.2, 0) is 32.1 Å². The molecule has 7 nitrogen and oxygen atoms in total. The maximum Gasteiger partial charge on any atom is 0.416 e.